The first-order chi connectivity index (χ1) is 14.0. The molecule has 1 aromatic rings. The summed E-state index contributed by atoms with van der Waals surface area (Å²) in [5.41, 5.74) is 0.434. The van der Waals surface area contributed by atoms with Gasteiger partial charge in [-0.2, -0.15) is 0 Å². The summed E-state index contributed by atoms with van der Waals surface area (Å²) in [4.78, 5) is 18.7. The molecular formula is C20H36IN5O4S. The zero-order valence-electron chi connectivity index (χ0n) is 19.2. The molecule has 0 atom stereocenters. The molecule has 0 aromatic heterocycles. The first kappa shape index (κ1) is 29.6. The number of halogens is 1. The van der Waals surface area contributed by atoms with Crippen LogP contribution in [0.1, 0.15) is 33.3 Å². The first-order valence-electron chi connectivity index (χ1n) is 9.86. The van der Waals surface area contributed by atoms with Gasteiger partial charge in [-0.25, -0.2) is 18.1 Å². The number of benzene rings is 1. The summed E-state index contributed by atoms with van der Waals surface area (Å²) in [5, 5.41) is 6.07. The van der Waals surface area contributed by atoms with Crippen molar-refractivity contribution in [3.05, 3.63) is 29.8 Å². The van der Waals surface area contributed by atoms with Gasteiger partial charge in [-0.1, -0.05) is 12.1 Å². The lowest BCUT2D eigenvalue weighted by Gasteiger charge is -2.25. The van der Waals surface area contributed by atoms with E-state index in [1.165, 1.54) is 13.2 Å². The van der Waals surface area contributed by atoms with Crippen molar-refractivity contribution in [3.63, 3.8) is 0 Å². The summed E-state index contributed by atoms with van der Waals surface area (Å²) in [7, 11) is -0.316. The fraction of sp³-hybridized carbons (Fsp3) is 0.600. The Morgan fingerprint density at radius 1 is 1.26 bits per heavy atom. The fourth-order valence-corrected chi connectivity index (χ4v) is 3.64. The molecule has 0 fully saturated rings. The SMILES string of the molecule is CCNC(=NCc1cccc(S(=O)(=O)NCCOC)c1)N(C)CC(=O)NC(C)(C)C.I. The highest BCUT2D eigenvalue weighted by Crippen LogP contribution is 2.12. The van der Waals surface area contributed by atoms with Gasteiger partial charge in [-0.05, 0) is 45.4 Å². The van der Waals surface area contributed by atoms with Crippen LogP contribution in [0.5, 0.6) is 0 Å². The van der Waals surface area contributed by atoms with Crippen LogP contribution in [0.4, 0.5) is 0 Å². The molecule has 0 aliphatic heterocycles. The van der Waals surface area contributed by atoms with Crippen LogP contribution in [0, 0.1) is 0 Å². The molecule has 0 radical (unpaired) electrons. The number of ether oxygens (including phenoxy) is 1. The fourth-order valence-electron chi connectivity index (χ4n) is 2.56. The number of methoxy groups -OCH3 is 1. The molecule has 1 rings (SSSR count). The maximum atomic E-state index is 12.4. The largest absolute Gasteiger partial charge is 0.383 e. The lowest BCUT2D eigenvalue weighted by Crippen LogP contribution is -2.48. The zero-order valence-corrected chi connectivity index (χ0v) is 22.3. The van der Waals surface area contributed by atoms with Crippen LogP contribution in [0.15, 0.2) is 34.2 Å². The molecule has 0 aliphatic rings. The van der Waals surface area contributed by atoms with Crippen LogP contribution < -0.4 is 15.4 Å². The van der Waals surface area contributed by atoms with E-state index < -0.39 is 10.0 Å². The molecule has 178 valence electrons. The van der Waals surface area contributed by atoms with E-state index in [9.17, 15) is 13.2 Å². The van der Waals surface area contributed by atoms with Gasteiger partial charge in [0.15, 0.2) is 5.96 Å². The monoisotopic (exact) mass is 569 g/mol. The molecule has 0 spiro atoms. The van der Waals surface area contributed by atoms with Crippen molar-refractivity contribution >= 4 is 45.9 Å². The predicted molar refractivity (Wildman–Crippen MR) is 134 cm³/mol. The summed E-state index contributed by atoms with van der Waals surface area (Å²) in [6.45, 7) is 9.28. The Bertz CT molecular complexity index is 825. The van der Waals surface area contributed by atoms with Crippen LogP contribution >= 0.6 is 24.0 Å². The van der Waals surface area contributed by atoms with Crippen LogP contribution in [0.3, 0.4) is 0 Å². The molecule has 3 N–H and O–H groups in total. The van der Waals surface area contributed by atoms with Gasteiger partial charge in [0.1, 0.15) is 0 Å². The quantitative estimate of drug-likeness (QED) is 0.171. The average molecular weight is 570 g/mol. The number of hydrogen-bond donors (Lipinski definition) is 3. The molecule has 0 unspecified atom stereocenters. The number of nitrogens with zero attached hydrogens (tertiary/aromatic N) is 2. The Hall–Kier alpha value is -1.44. The maximum absolute atomic E-state index is 12.4. The van der Waals surface area contributed by atoms with E-state index in [0.717, 1.165) is 5.56 Å². The number of nitrogens with one attached hydrogen (secondary N) is 3. The lowest BCUT2D eigenvalue weighted by molar-refractivity contribution is -0.122. The first-order valence-corrected chi connectivity index (χ1v) is 11.3. The lowest BCUT2D eigenvalue weighted by atomic mass is 10.1. The molecule has 0 bridgehead atoms. The molecule has 0 heterocycles. The van der Waals surface area contributed by atoms with Gasteiger partial charge in [0.25, 0.3) is 0 Å². The zero-order chi connectivity index (χ0) is 22.8. The van der Waals surface area contributed by atoms with Gasteiger partial charge in [-0.15, -0.1) is 24.0 Å². The maximum Gasteiger partial charge on any atom is 0.240 e. The summed E-state index contributed by atoms with van der Waals surface area (Å²) >= 11 is 0. The third-order valence-electron chi connectivity index (χ3n) is 3.81. The van der Waals surface area contributed by atoms with E-state index in [4.69, 9.17) is 4.74 Å². The molecular weight excluding hydrogens is 533 g/mol. The van der Waals surface area contributed by atoms with Gasteiger partial charge in [-0.3, -0.25) is 4.79 Å². The number of carbonyl (C=O) groups is 1. The van der Waals surface area contributed by atoms with Gasteiger partial charge in [0, 0.05) is 32.8 Å². The molecule has 9 nitrogen and oxygen atoms in total. The Balaban J connectivity index is 0.00000900. The van der Waals surface area contributed by atoms with E-state index >= 15 is 0 Å². The van der Waals surface area contributed by atoms with Crippen LogP contribution in [0.2, 0.25) is 0 Å². The number of sulfonamides is 1. The minimum absolute atomic E-state index is 0. The highest BCUT2D eigenvalue weighted by atomic mass is 127. The number of aliphatic imine (C=N–C) groups is 1. The summed E-state index contributed by atoms with van der Waals surface area (Å²) in [6.07, 6.45) is 0. The third kappa shape index (κ3) is 11.7. The van der Waals surface area contributed by atoms with Crippen molar-refractivity contribution in [1.82, 2.24) is 20.3 Å². The number of carbonyl (C=O) groups excluding carboxylic acids is 1. The topological polar surface area (TPSA) is 112 Å². The van der Waals surface area contributed by atoms with Gasteiger partial charge >= 0.3 is 0 Å². The number of hydrogen-bond acceptors (Lipinski definition) is 5. The third-order valence-corrected chi connectivity index (χ3v) is 5.27. The van der Waals surface area contributed by atoms with E-state index in [2.05, 4.69) is 20.3 Å². The summed E-state index contributed by atoms with van der Waals surface area (Å²) < 4.78 is 32.1. The highest BCUT2D eigenvalue weighted by molar-refractivity contribution is 14.0. The smallest absolute Gasteiger partial charge is 0.240 e. The second-order valence-electron chi connectivity index (χ2n) is 7.86. The molecule has 0 aliphatic carbocycles. The minimum atomic E-state index is -3.61. The molecule has 1 amide bonds. The number of likely N-dealkylation sites (N-methyl/N-ethyl adjacent to an activating group) is 1. The normalized spacial score (nSPS) is 12.1. The Morgan fingerprint density at radius 2 is 1.94 bits per heavy atom. The van der Waals surface area contributed by atoms with Crippen LogP contribution in [0.25, 0.3) is 0 Å². The second kappa shape index (κ2) is 13.9. The molecule has 31 heavy (non-hydrogen) atoms. The minimum Gasteiger partial charge on any atom is -0.383 e. The van der Waals surface area contributed by atoms with E-state index in [1.54, 1.807) is 24.1 Å². The number of amides is 1. The Labute approximate surface area is 203 Å². The number of rotatable bonds is 10. The molecule has 11 heteroatoms. The van der Waals surface area contributed by atoms with E-state index in [0.29, 0.717) is 19.1 Å². The average Bonchev–Trinajstić information content (AvgIpc) is 2.63. The predicted octanol–water partition coefficient (Wildman–Crippen LogP) is 1.54. The van der Waals surface area contributed by atoms with Gasteiger partial charge in [0.05, 0.1) is 24.6 Å². The second-order valence-corrected chi connectivity index (χ2v) is 9.63. The van der Waals surface area contributed by atoms with Crippen molar-refractivity contribution in [2.75, 3.05) is 40.4 Å². The highest BCUT2D eigenvalue weighted by Gasteiger charge is 2.17. The van der Waals surface area contributed by atoms with E-state index in [-0.39, 0.29) is 60.0 Å². The van der Waals surface area contributed by atoms with E-state index in [1.807, 2.05) is 33.8 Å². The van der Waals surface area contributed by atoms with Crippen molar-refractivity contribution < 1.29 is 17.9 Å². The van der Waals surface area contributed by atoms with Crippen LogP contribution in [-0.4, -0.2) is 71.1 Å². The molecule has 1 aromatic carbocycles. The molecule has 0 saturated heterocycles. The molecule has 0 saturated carbocycles. The van der Waals surface area contributed by atoms with Crippen molar-refractivity contribution in [2.45, 2.75) is 44.7 Å². The standard InChI is InChI=1S/C20H35N5O4S.HI/c1-7-21-19(25(5)15-18(26)24-20(2,3)4)22-14-16-9-8-10-17(13-16)30(27,28)23-11-12-29-6;/h8-10,13,23H,7,11-12,14-15H2,1-6H3,(H,21,22)(H,24,26);1H. The number of guanidine groups is 1. The summed E-state index contributed by atoms with van der Waals surface area (Å²) in [5.74, 6) is 0.457. The van der Waals surface area contributed by atoms with Gasteiger partial charge < -0.3 is 20.3 Å². The van der Waals surface area contributed by atoms with Gasteiger partial charge in [0.2, 0.25) is 15.9 Å². The van der Waals surface area contributed by atoms with Crippen molar-refractivity contribution in [2.24, 2.45) is 4.99 Å². The van der Waals surface area contributed by atoms with Crippen LogP contribution in [-0.2, 0) is 26.1 Å². The van der Waals surface area contributed by atoms with Crippen molar-refractivity contribution in [1.29, 1.82) is 0 Å². The Kier molecular flexibility index (Phi) is 13.2. The summed E-state index contributed by atoms with van der Waals surface area (Å²) in [6, 6.07) is 6.63. The van der Waals surface area contributed by atoms with Crippen molar-refractivity contribution in [3.8, 4) is 0 Å². The Morgan fingerprint density at radius 3 is 2.52 bits per heavy atom.